The van der Waals surface area contributed by atoms with Crippen molar-refractivity contribution < 1.29 is 14.6 Å². The van der Waals surface area contributed by atoms with E-state index in [1.165, 1.54) is 30.9 Å². The first-order valence-electron chi connectivity index (χ1n) is 11.3. The van der Waals surface area contributed by atoms with Crippen LogP contribution in [0.25, 0.3) is 0 Å². The Labute approximate surface area is 180 Å². The van der Waals surface area contributed by atoms with Crippen LogP contribution in [0.2, 0.25) is 0 Å². The van der Waals surface area contributed by atoms with Gasteiger partial charge in [0.25, 0.3) is 0 Å². The molecule has 2 rings (SSSR count). The molecule has 2 aromatic rings. The number of aromatic hydroxyl groups is 2. The Morgan fingerprint density at radius 1 is 0.767 bits per heavy atom. The molecule has 0 saturated carbocycles. The molecule has 0 amide bonds. The van der Waals surface area contributed by atoms with Gasteiger partial charge in [0, 0.05) is 5.56 Å². The summed E-state index contributed by atoms with van der Waals surface area (Å²) in [5.41, 5.74) is 2.82. The summed E-state index contributed by atoms with van der Waals surface area (Å²) < 4.78 is 13.7. The van der Waals surface area contributed by atoms with Crippen LogP contribution < -0.4 is 10.6 Å². The summed E-state index contributed by atoms with van der Waals surface area (Å²) in [4.78, 5) is 0. The first kappa shape index (κ1) is 24.2. The van der Waals surface area contributed by atoms with Gasteiger partial charge in [0.2, 0.25) is 0 Å². The minimum absolute atomic E-state index is 0.302. The van der Waals surface area contributed by atoms with E-state index in [-0.39, 0.29) is 5.75 Å². The number of halogens is 1. The summed E-state index contributed by atoms with van der Waals surface area (Å²) in [6.45, 7) is 5.77. The molecule has 0 heterocycles. The second kappa shape index (κ2) is 14.0. The Bertz CT molecular complexity index is 738. The number of phenolic OH excluding ortho intramolecular Hbond substituents is 2. The van der Waals surface area contributed by atoms with Gasteiger partial charge in [0.15, 0.2) is 17.3 Å². The minimum Gasteiger partial charge on any atom is -0.504 e. The first-order chi connectivity index (χ1) is 14.6. The zero-order valence-electron chi connectivity index (χ0n) is 18.2. The van der Waals surface area contributed by atoms with E-state index < -0.39 is 11.6 Å². The van der Waals surface area contributed by atoms with Crippen LogP contribution in [0.15, 0.2) is 36.4 Å². The van der Waals surface area contributed by atoms with Gasteiger partial charge in [0.1, 0.15) is 0 Å². The number of hydrogen-bond acceptors (Lipinski definition) is 4. The lowest BCUT2D eigenvalue weighted by molar-refractivity contribution is 0.374. The number of rotatable bonds is 15. The average Bonchev–Trinajstić information content (AvgIpc) is 2.76. The number of nitrogens with one attached hydrogen (secondary N) is 2. The molecule has 0 aliphatic heterocycles. The van der Waals surface area contributed by atoms with Gasteiger partial charge < -0.3 is 20.8 Å². The fraction of sp³-hybridized carbons (Fsp3) is 0.520. The smallest absolute Gasteiger partial charge is 0.194 e. The molecular formula is C25H37FN2O2. The van der Waals surface area contributed by atoms with Crippen molar-refractivity contribution in [2.45, 2.75) is 58.3 Å². The number of unbranched alkanes of at least 4 members (excludes halogenated alkanes) is 3. The van der Waals surface area contributed by atoms with E-state index in [0.29, 0.717) is 18.4 Å². The predicted molar refractivity (Wildman–Crippen MR) is 122 cm³/mol. The SMILES string of the molecule is CCCc1c(CCNCCCCCCNCCc2ccccc2)cc(F)c(O)c1O. The van der Waals surface area contributed by atoms with E-state index in [1.807, 2.05) is 13.0 Å². The lowest BCUT2D eigenvalue weighted by Crippen LogP contribution is -2.20. The maximum atomic E-state index is 13.7. The van der Waals surface area contributed by atoms with E-state index in [2.05, 4.69) is 34.9 Å². The quantitative estimate of drug-likeness (QED) is 0.251. The van der Waals surface area contributed by atoms with Crippen LogP contribution in [0.5, 0.6) is 11.5 Å². The second-order valence-corrected chi connectivity index (χ2v) is 7.84. The van der Waals surface area contributed by atoms with Crippen molar-refractivity contribution in [2.24, 2.45) is 0 Å². The van der Waals surface area contributed by atoms with E-state index in [9.17, 15) is 14.6 Å². The Balaban J connectivity index is 1.50. The Morgan fingerprint density at radius 3 is 2.03 bits per heavy atom. The third-order valence-electron chi connectivity index (χ3n) is 5.39. The van der Waals surface area contributed by atoms with E-state index in [0.717, 1.165) is 51.0 Å². The highest BCUT2D eigenvalue weighted by Gasteiger charge is 2.16. The standard InChI is InChI=1S/C25H37FN2O2/c1-2-10-22-21(19-23(26)25(30)24(22)29)14-18-28-16-9-4-3-8-15-27-17-13-20-11-6-5-7-12-20/h5-7,11-12,19,27-30H,2-4,8-10,13-18H2,1H3. The molecule has 0 aromatic heterocycles. The summed E-state index contributed by atoms with van der Waals surface area (Å²) in [6, 6.07) is 11.9. The van der Waals surface area contributed by atoms with Crippen molar-refractivity contribution in [3.05, 3.63) is 58.9 Å². The third kappa shape index (κ3) is 8.33. The number of hydrogen-bond donors (Lipinski definition) is 4. The van der Waals surface area contributed by atoms with Crippen LogP contribution in [0.3, 0.4) is 0 Å². The highest BCUT2D eigenvalue weighted by atomic mass is 19.1. The zero-order chi connectivity index (χ0) is 21.6. The molecule has 2 aromatic carbocycles. The first-order valence-corrected chi connectivity index (χ1v) is 11.3. The maximum Gasteiger partial charge on any atom is 0.194 e. The Hall–Kier alpha value is -2.11. The summed E-state index contributed by atoms with van der Waals surface area (Å²) in [5.74, 6) is -1.69. The largest absolute Gasteiger partial charge is 0.504 e. The number of phenols is 2. The molecule has 0 radical (unpaired) electrons. The Morgan fingerprint density at radius 2 is 1.40 bits per heavy atom. The summed E-state index contributed by atoms with van der Waals surface area (Å²) in [5, 5.41) is 26.5. The van der Waals surface area contributed by atoms with E-state index >= 15 is 0 Å². The van der Waals surface area contributed by atoms with Gasteiger partial charge in [0.05, 0.1) is 0 Å². The van der Waals surface area contributed by atoms with E-state index in [1.54, 1.807) is 0 Å². The van der Waals surface area contributed by atoms with Crippen molar-refractivity contribution in [1.82, 2.24) is 10.6 Å². The molecule has 0 atom stereocenters. The number of benzene rings is 2. The monoisotopic (exact) mass is 416 g/mol. The summed E-state index contributed by atoms with van der Waals surface area (Å²) in [7, 11) is 0. The van der Waals surface area contributed by atoms with Gasteiger partial charge >= 0.3 is 0 Å². The van der Waals surface area contributed by atoms with Crippen molar-refractivity contribution >= 4 is 0 Å². The van der Waals surface area contributed by atoms with Crippen molar-refractivity contribution in [3.8, 4) is 11.5 Å². The lowest BCUT2D eigenvalue weighted by atomic mass is 9.98. The van der Waals surface area contributed by atoms with Gasteiger partial charge in [-0.15, -0.1) is 0 Å². The van der Waals surface area contributed by atoms with Crippen molar-refractivity contribution in [3.63, 3.8) is 0 Å². The van der Waals surface area contributed by atoms with Crippen molar-refractivity contribution in [1.29, 1.82) is 0 Å². The van der Waals surface area contributed by atoms with E-state index in [4.69, 9.17) is 0 Å². The van der Waals surface area contributed by atoms with Crippen LogP contribution in [0, 0.1) is 5.82 Å². The molecule has 0 unspecified atom stereocenters. The second-order valence-electron chi connectivity index (χ2n) is 7.84. The predicted octanol–water partition coefficient (Wildman–Crippen LogP) is 4.71. The van der Waals surface area contributed by atoms with Crippen LogP contribution in [-0.2, 0) is 19.3 Å². The van der Waals surface area contributed by atoms with Gasteiger partial charge in [-0.05, 0) is 75.5 Å². The Kier molecular flexibility index (Phi) is 11.3. The normalized spacial score (nSPS) is 11.1. The molecule has 5 heteroatoms. The molecule has 30 heavy (non-hydrogen) atoms. The van der Waals surface area contributed by atoms with Gasteiger partial charge in [-0.2, -0.15) is 0 Å². The molecule has 4 N–H and O–H groups in total. The molecule has 0 spiro atoms. The molecule has 0 saturated heterocycles. The van der Waals surface area contributed by atoms with Crippen molar-refractivity contribution in [2.75, 3.05) is 26.2 Å². The molecule has 0 aliphatic carbocycles. The van der Waals surface area contributed by atoms with Gasteiger partial charge in [-0.3, -0.25) is 0 Å². The topological polar surface area (TPSA) is 64.5 Å². The van der Waals surface area contributed by atoms with Crippen LogP contribution >= 0.6 is 0 Å². The van der Waals surface area contributed by atoms with Gasteiger partial charge in [-0.1, -0.05) is 56.5 Å². The van der Waals surface area contributed by atoms with Crippen LogP contribution in [0.1, 0.15) is 55.7 Å². The molecule has 166 valence electrons. The average molecular weight is 417 g/mol. The van der Waals surface area contributed by atoms with Crippen LogP contribution in [0.4, 0.5) is 4.39 Å². The van der Waals surface area contributed by atoms with Crippen LogP contribution in [-0.4, -0.2) is 36.4 Å². The molecule has 0 bridgehead atoms. The third-order valence-corrected chi connectivity index (χ3v) is 5.39. The fourth-order valence-electron chi connectivity index (χ4n) is 3.67. The summed E-state index contributed by atoms with van der Waals surface area (Å²) in [6.07, 6.45) is 7.93. The molecule has 4 nitrogen and oxygen atoms in total. The van der Waals surface area contributed by atoms with Gasteiger partial charge in [-0.25, -0.2) is 4.39 Å². The lowest BCUT2D eigenvalue weighted by Gasteiger charge is -2.13. The zero-order valence-corrected chi connectivity index (χ0v) is 18.2. The summed E-state index contributed by atoms with van der Waals surface area (Å²) >= 11 is 0. The highest BCUT2D eigenvalue weighted by Crippen LogP contribution is 2.35. The minimum atomic E-state index is -0.750. The molecule has 0 fully saturated rings. The highest BCUT2D eigenvalue weighted by molar-refractivity contribution is 5.50. The fourth-order valence-corrected chi connectivity index (χ4v) is 3.67. The maximum absolute atomic E-state index is 13.7. The molecule has 0 aliphatic rings. The molecular weight excluding hydrogens is 379 g/mol.